The SMILES string of the molecule is CC(C)(C)OC(=O)N(CCc1cc(Br)ccc1Cl)C1CC1. The molecule has 1 amide bonds. The first-order valence-electron chi connectivity index (χ1n) is 7.20. The smallest absolute Gasteiger partial charge is 0.410 e. The molecule has 1 aromatic carbocycles. The summed E-state index contributed by atoms with van der Waals surface area (Å²) in [6, 6.07) is 6.11. The Hall–Kier alpha value is -0.740. The Morgan fingerprint density at radius 3 is 2.67 bits per heavy atom. The van der Waals surface area contributed by atoms with Crippen LogP contribution in [0.5, 0.6) is 0 Å². The molecule has 1 aromatic rings. The van der Waals surface area contributed by atoms with E-state index < -0.39 is 5.60 Å². The van der Waals surface area contributed by atoms with Gasteiger partial charge in [-0.3, -0.25) is 0 Å². The first kappa shape index (κ1) is 16.6. The molecule has 0 radical (unpaired) electrons. The van der Waals surface area contributed by atoms with E-state index in [1.165, 1.54) is 0 Å². The third-order valence-electron chi connectivity index (χ3n) is 3.25. The van der Waals surface area contributed by atoms with Gasteiger partial charge in [0.25, 0.3) is 0 Å². The Morgan fingerprint density at radius 2 is 2.10 bits per heavy atom. The summed E-state index contributed by atoms with van der Waals surface area (Å²) in [6.07, 6.45) is 2.63. The molecule has 1 aliphatic rings. The Morgan fingerprint density at radius 1 is 1.43 bits per heavy atom. The van der Waals surface area contributed by atoms with Crippen molar-refractivity contribution in [1.82, 2.24) is 4.90 Å². The molecule has 0 saturated heterocycles. The van der Waals surface area contributed by atoms with E-state index in [-0.39, 0.29) is 6.09 Å². The van der Waals surface area contributed by atoms with Crippen LogP contribution >= 0.6 is 27.5 Å². The summed E-state index contributed by atoms with van der Waals surface area (Å²) in [7, 11) is 0. The van der Waals surface area contributed by atoms with Gasteiger partial charge in [0.05, 0.1) is 0 Å². The second-order valence-corrected chi connectivity index (χ2v) is 7.71. The number of ether oxygens (including phenoxy) is 1. The molecule has 0 aromatic heterocycles. The molecule has 0 N–H and O–H groups in total. The molecule has 0 atom stereocenters. The Bertz CT molecular complexity index is 523. The molecule has 116 valence electrons. The Kier molecular flexibility index (Phi) is 5.20. The van der Waals surface area contributed by atoms with Gasteiger partial charge in [-0.1, -0.05) is 27.5 Å². The van der Waals surface area contributed by atoms with Gasteiger partial charge < -0.3 is 9.64 Å². The minimum absolute atomic E-state index is 0.226. The molecule has 1 fully saturated rings. The van der Waals surface area contributed by atoms with Crippen molar-refractivity contribution in [2.45, 2.75) is 51.7 Å². The molecule has 0 unspecified atom stereocenters. The Balaban J connectivity index is 2.00. The van der Waals surface area contributed by atoms with E-state index in [0.29, 0.717) is 12.6 Å². The number of hydrogen-bond acceptors (Lipinski definition) is 2. The van der Waals surface area contributed by atoms with Gasteiger partial charge in [-0.05, 0) is 63.8 Å². The number of halogens is 2. The lowest BCUT2D eigenvalue weighted by Gasteiger charge is -2.27. The molecule has 5 heteroatoms. The number of nitrogens with zero attached hydrogens (tertiary/aromatic N) is 1. The molecule has 0 bridgehead atoms. The predicted octanol–water partition coefficient (Wildman–Crippen LogP) is 5.04. The van der Waals surface area contributed by atoms with Crippen molar-refractivity contribution in [2.24, 2.45) is 0 Å². The minimum Gasteiger partial charge on any atom is -0.444 e. The summed E-state index contributed by atoms with van der Waals surface area (Å²) in [5, 5.41) is 0.734. The van der Waals surface area contributed by atoms with Crippen molar-refractivity contribution in [3.63, 3.8) is 0 Å². The minimum atomic E-state index is -0.461. The maximum Gasteiger partial charge on any atom is 0.410 e. The third kappa shape index (κ3) is 5.19. The summed E-state index contributed by atoms with van der Waals surface area (Å²) < 4.78 is 6.49. The van der Waals surface area contributed by atoms with Crippen LogP contribution < -0.4 is 0 Å². The molecular formula is C16H21BrClNO2. The zero-order valence-electron chi connectivity index (χ0n) is 12.7. The maximum absolute atomic E-state index is 12.3. The van der Waals surface area contributed by atoms with Gasteiger partial charge >= 0.3 is 6.09 Å². The van der Waals surface area contributed by atoms with Crippen LogP contribution in [0.25, 0.3) is 0 Å². The second-order valence-electron chi connectivity index (χ2n) is 6.39. The molecule has 21 heavy (non-hydrogen) atoms. The average Bonchev–Trinajstić information content (AvgIpc) is 3.16. The predicted molar refractivity (Wildman–Crippen MR) is 88.8 cm³/mol. The van der Waals surface area contributed by atoms with E-state index >= 15 is 0 Å². The number of benzene rings is 1. The second kappa shape index (κ2) is 6.57. The molecule has 3 nitrogen and oxygen atoms in total. The summed E-state index contributed by atoms with van der Waals surface area (Å²) in [5.74, 6) is 0. The third-order valence-corrected chi connectivity index (χ3v) is 4.11. The standard InChI is InChI=1S/C16H21BrClNO2/c1-16(2,3)21-15(20)19(13-5-6-13)9-8-11-10-12(17)4-7-14(11)18/h4,7,10,13H,5-6,8-9H2,1-3H3. The fourth-order valence-corrected chi connectivity index (χ4v) is 2.73. The van der Waals surface area contributed by atoms with E-state index in [1.54, 1.807) is 0 Å². The molecule has 1 saturated carbocycles. The summed E-state index contributed by atoms with van der Waals surface area (Å²) >= 11 is 9.65. The zero-order valence-corrected chi connectivity index (χ0v) is 15.0. The zero-order chi connectivity index (χ0) is 15.6. The summed E-state index contributed by atoms with van der Waals surface area (Å²) in [4.78, 5) is 14.1. The number of hydrogen-bond donors (Lipinski definition) is 0. The number of rotatable bonds is 4. The van der Waals surface area contributed by atoms with Gasteiger partial charge in [-0.25, -0.2) is 4.79 Å². The van der Waals surface area contributed by atoms with Crippen LogP contribution in [0.2, 0.25) is 5.02 Å². The lowest BCUT2D eigenvalue weighted by molar-refractivity contribution is 0.0236. The lowest BCUT2D eigenvalue weighted by atomic mass is 10.1. The van der Waals surface area contributed by atoms with Crippen LogP contribution in [0.4, 0.5) is 4.79 Å². The van der Waals surface area contributed by atoms with Crippen LogP contribution in [-0.4, -0.2) is 29.2 Å². The monoisotopic (exact) mass is 373 g/mol. The van der Waals surface area contributed by atoms with Crippen molar-refractivity contribution in [3.05, 3.63) is 33.3 Å². The summed E-state index contributed by atoms with van der Waals surface area (Å²) in [5.41, 5.74) is 0.581. The van der Waals surface area contributed by atoms with Crippen molar-refractivity contribution >= 4 is 33.6 Å². The molecular weight excluding hydrogens is 354 g/mol. The van der Waals surface area contributed by atoms with E-state index in [4.69, 9.17) is 16.3 Å². The van der Waals surface area contributed by atoms with Crippen LogP contribution in [0.3, 0.4) is 0 Å². The van der Waals surface area contributed by atoms with Crippen LogP contribution in [-0.2, 0) is 11.2 Å². The van der Waals surface area contributed by atoms with Gasteiger partial charge in [0, 0.05) is 22.1 Å². The maximum atomic E-state index is 12.3. The highest BCUT2D eigenvalue weighted by Crippen LogP contribution is 2.29. The number of carbonyl (C=O) groups is 1. The van der Waals surface area contributed by atoms with Crippen molar-refractivity contribution in [1.29, 1.82) is 0 Å². The molecule has 0 spiro atoms. The van der Waals surface area contributed by atoms with E-state index in [9.17, 15) is 4.79 Å². The molecule has 2 rings (SSSR count). The molecule has 0 aliphatic heterocycles. The highest BCUT2D eigenvalue weighted by Gasteiger charge is 2.34. The van der Waals surface area contributed by atoms with E-state index in [2.05, 4.69) is 15.9 Å². The Labute approximate surface area is 139 Å². The van der Waals surface area contributed by atoms with Crippen LogP contribution in [0.15, 0.2) is 22.7 Å². The van der Waals surface area contributed by atoms with Crippen molar-refractivity contribution in [2.75, 3.05) is 6.54 Å². The van der Waals surface area contributed by atoms with Crippen LogP contribution in [0.1, 0.15) is 39.2 Å². The fourth-order valence-electron chi connectivity index (χ4n) is 2.11. The highest BCUT2D eigenvalue weighted by atomic mass is 79.9. The lowest BCUT2D eigenvalue weighted by Crippen LogP contribution is -2.39. The van der Waals surface area contributed by atoms with E-state index in [0.717, 1.165) is 34.3 Å². The largest absolute Gasteiger partial charge is 0.444 e. The van der Waals surface area contributed by atoms with Gasteiger partial charge in [-0.15, -0.1) is 0 Å². The van der Waals surface area contributed by atoms with Crippen molar-refractivity contribution in [3.8, 4) is 0 Å². The number of carbonyl (C=O) groups excluding carboxylic acids is 1. The van der Waals surface area contributed by atoms with Gasteiger partial charge in [-0.2, -0.15) is 0 Å². The molecule has 1 aliphatic carbocycles. The fraction of sp³-hybridized carbons (Fsp3) is 0.562. The molecule has 0 heterocycles. The van der Waals surface area contributed by atoms with Gasteiger partial charge in [0.1, 0.15) is 5.60 Å². The van der Waals surface area contributed by atoms with Crippen LogP contribution in [0, 0.1) is 0 Å². The van der Waals surface area contributed by atoms with Gasteiger partial charge in [0.15, 0.2) is 0 Å². The summed E-state index contributed by atoms with van der Waals surface area (Å²) in [6.45, 7) is 6.30. The van der Waals surface area contributed by atoms with E-state index in [1.807, 2.05) is 43.9 Å². The topological polar surface area (TPSA) is 29.5 Å². The first-order chi connectivity index (χ1) is 9.76. The number of amides is 1. The highest BCUT2D eigenvalue weighted by molar-refractivity contribution is 9.10. The normalized spacial score (nSPS) is 14.9. The van der Waals surface area contributed by atoms with Gasteiger partial charge in [0.2, 0.25) is 0 Å². The van der Waals surface area contributed by atoms with Crippen molar-refractivity contribution < 1.29 is 9.53 Å². The average molecular weight is 375 g/mol. The quantitative estimate of drug-likeness (QED) is 0.738. The first-order valence-corrected chi connectivity index (χ1v) is 8.37.